The van der Waals surface area contributed by atoms with E-state index in [0.29, 0.717) is 29.1 Å². The molecule has 0 N–H and O–H groups in total. The third kappa shape index (κ3) is 9.37. The topological polar surface area (TPSA) is 206 Å². The molecule has 0 radical (unpaired) electrons. The van der Waals surface area contributed by atoms with Crippen LogP contribution in [0.1, 0.15) is 71.5 Å². The fourth-order valence-corrected chi connectivity index (χ4v) is 7.47. The molecule has 1 aliphatic heterocycles. The van der Waals surface area contributed by atoms with Crippen molar-refractivity contribution in [2.45, 2.75) is 97.0 Å². The summed E-state index contributed by atoms with van der Waals surface area (Å²) < 4.78 is 32.1. The van der Waals surface area contributed by atoms with Gasteiger partial charge in [-0.15, -0.1) is 0 Å². The Morgan fingerprint density at radius 2 is 1.72 bits per heavy atom. The molecule has 58 heavy (non-hydrogen) atoms. The SMILES string of the molecule is CC(=O)O[C@H]1[C@H](Oc2cccnc2COC(=O)N(C)CCN(C)C(=O)n2ccc3c(-c4cnn([C@H](CC#N)C5CCCC5)c4)ncnc32)O[C@H](C)[C@@H](C)[C@@H]1OC(C)=O. The van der Waals surface area contributed by atoms with Gasteiger partial charge in [0.1, 0.15) is 30.5 Å². The van der Waals surface area contributed by atoms with Crippen LogP contribution >= 0.6 is 0 Å². The van der Waals surface area contributed by atoms with Crippen LogP contribution in [0.3, 0.4) is 0 Å². The zero-order valence-electron chi connectivity index (χ0n) is 33.5. The van der Waals surface area contributed by atoms with Gasteiger partial charge in [-0.05, 0) is 43.9 Å². The summed E-state index contributed by atoms with van der Waals surface area (Å²) in [6, 6.07) is 6.97. The summed E-state index contributed by atoms with van der Waals surface area (Å²) in [6.07, 6.45) is 8.90. The van der Waals surface area contributed by atoms with E-state index in [1.165, 1.54) is 40.7 Å². The number of hydrogen-bond acceptors (Lipinski definition) is 14. The molecule has 2 aliphatic rings. The largest absolute Gasteiger partial charge is 0.459 e. The lowest BCUT2D eigenvalue weighted by Crippen LogP contribution is -2.57. The van der Waals surface area contributed by atoms with Gasteiger partial charge < -0.3 is 33.5 Å². The van der Waals surface area contributed by atoms with Crippen molar-refractivity contribution in [3.05, 3.63) is 55.0 Å². The van der Waals surface area contributed by atoms with Crippen LogP contribution in [-0.4, -0.2) is 115 Å². The highest BCUT2D eigenvalue weighted by Gasteiger charge is 2.48. The fourth-order valence-electron chi connectivity index (χ4n) is 7.47. The van der Waals surface area contributed by atoms with Gasteiger partial charge in [0.05, 0.1) is 36.5 Å². The maximum Gasteiger partial charge on any atom is 0.409 e. The first kappa shape index (κ1) is 41.5. The number of fused-ring (bicyclic) bond motifs is 1. The van der Waals surface area contributed by atoms with Gasteiger partial charge in [-0.2, -0.15) is 10.4 Å². The van der Waals surface area contributed by atoms with Crippen molar-refractivity contribution in [1.82, 2.24) is 39.1 Å². The minimum Gasteiger partial charge on any atom is -0.459 e. The number of pyridine rings is 1. The van der Waals surface area contributed by atoms with Crippen LogP contribution in [0.5, 0.6) is 5.75 Å². The second kappa shape index (κ2) is 18.4. The van der Waals surface area contributed by atoms with E-state index in [1.807, 2.05) is 17.8 Å². The summed E-state index contributed by atoms with van der Waals surface area (Å²) >= 11 is 0. The maximum absolute atomic E-state index is 13.6. The van der Waals surface area contributed by atoms with Crippen LogP contribution in [0.2, 0.25) is 0 Å². The van der Waals surface area contributed by atoms with Crippen LogP contribution in [0.4, 0.5) is 9.59 Å². The highest BCUT2D eigenvalue weighted by molar-refractivity contribution is 5.96. The summed E-state index contributed by atoms with van der Waals surface area (Å²) in [7, 11) is 3.17. The second-order valence-corrected chi connectivity index (χ2v) is 14.8. The van der Waals surface area contributed by atoms with Crippen molar-refractivity contribution < 1.29 is 42.9 Å². The van der Waals surface area contributed by atoms with Gasteiger partial charge in [-0.1, -0.05) is 19.8 Å². The number of likely N-dealkylation sites (N-methyl/N-ethyl adjacent to an activating group) is 2. The first-order valence-electron chi connectivity index (χ1n) is 19.3. The lowest BCUT2D eigenvalue weighted by molar-refractivity contribution is -0.263. The van der Waals surface area contributed by atoms with Gasteiger partial charge in [-0.3, -0.25) is 23.8 Å². The van der Waals surface area contributed by atoms with Crippen LogP contribution in [0.15, 0.2) is 49.3 Å². The molecule has 2 fully saturated rings. The van der Waals surface area contributed by atoms with E-state index in [2.05, 4.69) is 26.1 Å². The Balaban J connectivity index is 1.06. The van der Waals surface area contributed by atoms with Gasteiger partial charge in [-0.25, -0.2) is 19.6 Å². The van der Waals surface area contributed by atoms with Gasteiger partial charge in [0.2, 0.25) is 12.4 Å². The molecule has 4 aromatic heterocycles. The average Bonchev–Trinajstić information content (AvgIpc) is 4.00. The molecular weight excluding hydrogens is 750 g/mol. The number of nitrogens with zero attached hydrogens (tertiary/aromatic N) is 9. The van der Waals surface area contributed by atoms with Gasteiger partial charge in [0.15, 0.2) is 5.65 Å². The number of amides is 2. The number of ether oxygens (including phenoxy) is 5. The number of aromatic nitrogens is 6. The first-order chi connectivity index (χ1) is 27.9. The monoisotopic (exact) mass is 799 g/mol. The van der Waals surface area contributed by atoms with E-state index >= 15 is 0 Å². The van der Waals surface area contributed by atoms with Crippen LogP contribution in [0, 0.1) is 23.2 Å². The molecule has 6 rings (SSSR count). The quantitative estimate of drug-likeness (QED) is 0.127. The zero-order chi connectivity index (χ0) is 41.5. The van der Waals surface area contributed by atoms with Gasteiger partial charge in [0.25, 0.3) is 0 Å². The van der Waals surface area contributed by atoms with Crippen molar-refractivity contribution in [3.8, 4) is 23.1 Å². The Labute approximate surface area is 336 Å². The molecule has 0 spiro atoms. The highest BCUT2D eigenvalue weighted by atomic mass is 16.7. The molecule has 308 valence electrons. The van der Waals surface area contributed by atoms with E-state index in [1.54, 1.807) is 51.6 Å². The number of nitriles is 1. The van der Waals surface area contributed by atoms with Crippen molar-refractivity contribution in [2.75, 3.05) is 27.2 Å². The molecule has 0 unspecified atom stereocenters. The van der Waals surface area contributed by atoms with E-state index in [9.17, 15) is 24.4 Å². The van der Waals surface area contributed by atoms with Gasteiger partial charge in [0, 0.05) is 76.5 Å². The molecule has 0 bridgehead atoms. The van der Waals surface area contributed by atoms with Gasteiger partial charge >= 0.3 is 24.1 Å². The standard InChI is InChI=1S/C40H49N9O9/c1-24-25(2)55-38(36(57-27(4)51)35(24)56-26(3)50)58-33-12-9-16-42-31(33)22-54-40(53)47(6)19-18-46(5)39(52)48-17-14-30-34(43-23-44-37(30)48)29-20-45-49(21-29)32(13-15-41)28-10-7-8-11-28/h9,12,14,16-17,20-21,23-25,28,32,35-36,38H,7-8,10-11,13,18-19,22H2,1-6H3/t24-,25-,32-,35+,36-,38+/m1/s1. The summed E-state index contributed by atoms with van der Waals surface area (Å²) in [5, 5.41) is 14.8. The van der Waals surface area contributed by atoms with Crippen LogP contribution in [0.25, 0.3) is 22.3 Å². The van der Waals surface area contributed by atoms with Crippen molar-refractivity contribution in [1.29, 1.82) is 5.26 Å². The van der Waals surface area contributed by atoms with E-state index in [0.717, 1.165) is 31.2 Å². The van der Waals surface area contributed by atoms with Crippen LogP contribution < -0.4 is 4.74 Å². The highest BCUT2D eigenvalue weighted by Crippen LogP contribution is 2.37. The number of rotatable bonds is 13. The lowest BCUT2D eigenvalue weighted by Gasteiger charge is -2.43. The summed E-state index contributed by atoms with van der Waals surface area (Å²) in [4.78, 5) is 66.7. The molecule has 2 amide bonds. The maximum atomic E-state index is 13.6. The van der Waals surface area contributed by atoms with Crippen molar-refractivity contribution >= 4 is 35.1 Å². The van der Waals surface area contributed by atoms with Crippen molar-refractivity contribution in [2.24, 2.45) is 11.8 Å². The van der Waals surface area contributed by atoms with Crippen LogP contribution in [-0.2, 0) is 35.1 Å². The molecule has 1 saturated heterocycles. The minimum absolute atomic E-state index is 0.00264. The Hall–Kier alpha value is -6.09. The van der Waals surface area contributed by atoms with E-state index in [-0.39, 0.29) is 49.1 Å². The van der Waals surface area contributed by atoms with Crippen molar-refractivity contribution in [3.63, 3.8) is 0 Å². The third-order valence-corrected chi connectivity index (χ3v) is 10.8. The fraction of sp³-hybridized carbons (Fsp3) is 0.525. The molecule has 0 aromatic carbocycles. The average molecular weight is 800 g/mol. The normalized spacial score (nSPS) is 21.2. The minimum atomic E-state index is -1.16. The number of carbonyl (C=O) groups excluding carboxylic acids is 4. The zero-order valence-corrected chi connectivity index (χ0v) is 33.5. The van der Waals surface area contributed by atoms with E-state index < -0.39 is 42.6 Å². The predicted molar refractivity (Wildman–Crippen MR) is 206 cm³/mol. The first-order valence-corrected chi connectivity index (χ1v) is 19.3. The number of hydrogen-bond donors (Lipinski definition) is 0. The van der Waals surface area contributed by atoms with E-state index in [4.69, 9.17) is 23.7 Å². The number of carbonyl (C=O) groups is 4. The Kier molecular flexibility index (Phi) is 13.2. The molecule has 18 heteroatoms. The molecule has 18 nitrogen and oxygen atoms in total. The third-order valence-electron chi connectivity index (χ3n) is 10.8. The predicted octanol–water partition coefficient (Wildman–Crippen LogP) is 5.13. The molecule has 1 aliphatic carbocycles. The smallest absolute Gasteiger partial charge is 0.409 e. The molecular formula is C40H49N9O9. The lowest BCUT2D eigenvalue weighted by atomic mass is 9.91. The summed E-state index contributed by atoms with van der Waals surface area (Å²) in [5.74, 6) is -0.844. The molecule has 1 saturated carbocycles. The Morgan fingerprint density at radius 1 is 1.00 bits per heavy atom. The Bertz CT molecular complexity index is 2140. The number of esters is 2. The summed E-state index contributed by atoms with van der Waals surface area (Å²) in [6.45, 7) is 6.17. The Morgan fingerprint density at radius 3 is 2.45 bits per heavy atom. The second-order valence-electron chi connectivity index (χ2n) is 14.8. The molecule has 5 heterocycles. The molecule has 6 atom stereocenters. The molecule has 4 aromatic rings. The summed E-state index contributed by atoms with van der Waals surface area (Å²) in [5.41, 5.74) is 2.08.